The minimum atomic E-state index is -0.755. The van der Waals surface area contributed by atoms with E-state index in [0.717, 1.165) is 23.6 Å². The van der Waals surface area contributed by atoms with Gasteiger partial charge in [0.2, 0.25) is 13.1 Å². The lowest BCUT2D eigenvalue weighted by atomic mass is 9.93. The second-order valence-electron chi connectivity index (χ2n) is 10.4. The lowest BCUT2D eigenvalue weighted by molar-refractivity contribution is -0.157. The van der Waals surface area contributed by atoms with Crippen molar-refractivity contribution in [1.82, 2.24) is 9.80 Å². The van der Waals surface area contributed by atoms with Crippen LogP contribution < -0.4 is 14.9 Å². The lowest BCUT2D eigenvalue weighted by Gasteiger charge is -2.36. The van der Waals surface area contributed by atoms with Gasteiger partial charge in [0.05, 0.1) is 38.1 Å². The molecule has 1 aromatic heterocycles. The Labute approximate surface area is 242 Å². The first-order chi connectivity index (χ1) is 20.6. The zero-order chi connectivity index (χ0) is 28.9. The van der Waals surface area contributed by atoms with E-state index in [9.17, 15) is 9.59 Å². The number of para-hydroxylation sites is 1. The summed E-state index contributed by atoms with van der Waals surface area (Å²) >= 11 is 0. The molecule has 6 rings (SSSR count). The zero-order valence-corrected chi connectivity index (χ0v) is 23.2. The maximum absolute atomic E-state index is 13.7. The molecule has 0 spiro atoms. The summed E-state index contributed by atoms with van der Waals surface area (Å²) < 4.78 is 33.9. The van der Waals surface area contributed by atoms with Crippen LogP contribution >= 0.6 is 0 Å². The largest absolute Gasteiger partial charge is 0.464 e. The van der Waals surface area contributed by atoms with Crippen molar-refractivity contribution in [3.63, 3.8) is 0 Å². The number of ether oxygens (including phenoxy) is 5. The minimum absolute atomic E-state index is 0.0783. The number of carbonyl (C=O) groups excluding carboxylic acids is 1. The van der Waals surface area contributed by atoms with E-state index in [0.29, 0.717) is 49.1 Å². The Kier molecular flexibility index (Phi) is 8.71. The van der Waals surface area contributed by atoms with Gasteiger partial charge >= 0.3 is 0 Å². The van der Waals surface area contributed by atoms with E-state index in [1.165, 1.54) is 6.26 Å². The van der Waals surface area contributed by atoms with Crippen LogP contribution in [0.3, 0.4) is 0 Å². The maximum atomic E-state index is 13.7. The summed E-state index contributed by atoms with van der Waals surface area (Å²) in [4.78, 5) is 31.1. The summed E-state index contributed by atoms with van der Waals surface area (Å²) in [7, 11) is 0. The van der Waals surface area contributed by atoms with Crippen molar-refractivity contribution >= 4 is 16.9 Å². The highest BCUT2D eigenvalue weighted by Gasteiger charge is 2.33. The number of nitrogens with zero attached hydrogens (tertiary/aromatic N) is 2. The van der Waals surface area contributed by atoms with Crippen LogP contribution in [0.4, 0.5) is 0 Å². The van der Waals surface area contributed by atoms with Crippen LogP contribution in [0.5, 0.6) is 11.5 Å². The number of aliphatic hydroxyl groups excluding tert-OH is 1. The van der Waals surface area contributed by atoms with E-state index in [1.807, 2.05) is 24.3 Å². The molecule has 11 nitrogen and oxygen atoms in total. The van der Waals surface area contributed by atoms with Gasteiger partial charge in [-0.2, -0.15) is 0 Å². The average molecular weight is 579 g/mol. The molecule has 222 valence electrons. The molecule has 3 aliphatic heterocycles. The van der Waals surface area contributed by atoms with Crippen molar-refractivity contribution in [2.75, 3.05) is 59.4 Å². The SMILES string of the molecule is O=C(C1=C[C@@H](c2coc3ccccc3c2=O)C[C@@H](OCCOCCO)O1)N1CCN(Cc2ccc3c(c2)OCO3)CC1. The predicted octanol–water partition coefficient (Wildman–Crippen LogP) is 2.61. The van der Waals surface area contributed by atoms with Crippen molar-refractivity contribution in [2.24, 2.45) is 0 Å². The third-order valence-electron chi connectivity index (χ3n) is 7.64. The van der Waals surface area contributed by atoms with Crippen molar-refractivity contribution < 1.29 is 38.0 Å². The molecule has 0 bridgehead atoms. The topological polar surface area (TPSA) is 120 Å². The van der Waals surface area contributed by atoms with Gasteiger partial charge in [-0.25, -0.2) is 0 Å². The number of rotatable bonds is 10. The van der Waals surface area contributed by atoms with Gasteiger partial charge in [-0.3, -0.25) is 14.5 Å². The summed E-state index contributed by atoms with van der Waals surface area (Å²) in [5.41, 5.74) is 1.93. The Morgan fingerprint density at radius 2 is 1.83 bits per heavy atom. The zero-order valence-electron chi connectivity index (χ0n) is 23.2. The molecule has 1 fully saturated rings. The number of hydrogen-bond donors (Lipinski definition) is 1. The first-order valence-corrected chi connectivity index (χ1v) is 14.2. The summed E-state index contributed by atoms with van der Waals surface area (Å²) in [5, 5.41) is 9.41. The molecular weight excluding hydrogens is 544 g/mol. The standard InChI is InChI=1S/C31H34N2O9/c34-11-12-37-13-14-38-29-17-22(24-19-39-25-4-2-1-3-23(25)30(24)35)16-28(42-29)31(36)33-9-7-32(8-10-33)18-21-5-6-26-27(15-21)41-20-40-26/h1-6,15-16,19,22,29,34H,7-14,17-18,20H2/t22-,29+/m1/s1. The third-order valence-corrected chi connectivity index (χ3v) is 7.64. The quantitative estimate of drug-likeness (QED) is 0.360. The van der Waals surface area contributed by atoms with Crippen LogP contribution in [0.15, 0.2) is 69.8 Å². The highest BCUT2D eigenvalue weighted by molar-refractivity contribution is 5.92. The summed E-state index contributed by atoms with van der Waals surface area (Å²) in [5.74, 6) is 1.00. The number of amides is 1. The summed E-state index contributed by atoms with van der Waals surface area (Å²) in [6, 6.07) is 13.0. The molecule has 3 aromatic rings. The Morgan fingerprint density at radius 3 is 2.69 bits per heavy atom. The monoisotopic (exact) mass is 578 g/mol. The molecule has 4 heterocycles. The molecule has 42 heavy (non-hydrogen) atoms. The number of fused-ring (bicyclic) bond motifs is 2. The second-order valence-corrected chi connectivity index (χ2v) is 10.4. The normalized spacial score (nSPS) is 20.4. The van der Waals surface area contributed by atoms with Crippen molar-refractivity contribution in [3.8, 4) is 11.5 Å². The molecule has 1 saturated heterocycles. The molecule has 1 N–H and O–H groups in total. The molecule has 11 heteroatoms. The van der Waals surface area contributed by atoms with Crippen molar-refractivity contribution in [1.29, 1.82) is 0 Å². The van der Waals surface area contributed by atoms with E-state index < -0.39 is 12.2 Å². The van der Waals surface area contributed by atoms with E-state index in [-0.39, 0.29) is 50.3 Å². The van der Waals surface area contributed by atoms with E-state index in [4.69, 9.17) is 33.2 Å². The summed E-state index contributed by atoms with van der Waals surface area (Å²) in [6.45, 7) is 4.07. The van der Waals surface area contributed by atoms with Crippen molar-refractivity contribution in [3.05, 3.63) is 81.9 Å². The fourth-order valence-corrected chi connectivity index (χ4v) is 5.44. The Hall–Kier alpha value is -3.90. The molecule has 1 amide bonds. The number of hydrogen-bond acceptors (Lipinski definition) is 10. The average Bonchev–Trinajstić information content (AvgIpc) is 3.49. The molecule has 0 unspecified atom stereocenters. The number of piperazine rings is 1. The molecule has 2 atom stereocenters. The first kappa shape index (κ1) is 28.2. The number of carbonyl (C=O) groups is 1. The van der Waals surface area contributed by atoms with E-state index in [2.05, 4.69) is 4.90 Å². The van der Waals surface area contributed by atoms with Crippen LogP contribution in [0.1, 0.15) is 23.5 Å². The van der Waals surface area contributed by atoms with Crippen molar-refractivity contribution in [2.45, 2.75) is 25.2 Å². The predicted molar refractivity (Wildman–Crippen MR) is 151 cm³/mol. The van der Waals surface area contributed by atoms with Gasteiger partial charge in [0, 0.05) is 50.6 Å². The molecule has 0 radical (unpaired) electrons. The molecule has 2 aromatic carbocycles. The van der Waals surface area contributed by atoms with Gasteiger partial charge < -0.3 is 38.1 Å². The number of aliphatic hydroxyl groups is 1. The molecular formula is C31H34N2O9. The minimum Gasteiger partial charge on any atom is -0.464 e. The van der Waals surface area contributed by atoms with Gasteiger partial charge in [-0.15, -0.1) is 0 Å². The first-order valence-electron chi connectivity index (χ1n) is 14.2. The highest BCUT2D eigenvalue weighted by Crippen LogP contribution is 2.34. The van der Waals surface area contributed by atoms with Crippen LogP contribution in [-0.4, -0.2) is 86.5 Å². The van der Waals surface area contributed by atoms with Crippen LogP contribution in [0.2, 0.25) is 0 Å². The molecule has 0 saturated carbocycles. The van der Waals surface area contributed by atoms with Gasteiger partial charge in [0.15, 0.2) is 22.7 Å². The second kappa shape index (κ2) is 13.0. The Bertz CT molecular complexity index is 1500. The Morgan fingerprint density at radius 1 is 1.00 bits per heavy atom. The summed E-state index contributed by atoms with van der Waals surface area (Å²) in [6.07, 6.45) is 2.76. The highest BCUT2D eigenvalue weighted by atomic mass is 16.7. The van der Waals surface area contributed by atoms with E-state index in [1.54, 1.807) is 29.2 Å². The molecule has 3 aliphatic rings. The van der Waals surface area contributed by atoms with Gasteiger partial charge in [-0.1, -0.05) is 18.2 Å². The lowest BCUT2D eigenvalue weighted by Crippen LogP contribution is -2.49. The van der Waals surface area contributed by atoms with Crippen LogP contribution in [-0.2, 0) is 25.5 Å². The van der Waals surface area contributed by atoms with Crippen LogP contribution in [0.25, 0.3) is 11.0 Å². The van der Waals surface area contributed by atoms with Gasteiger partial charge in [0.25, 0.3) is 5.91 Å². The maximum Gasteiger partial charge on any atom is 0.288 e. The number of benzene rings is 2. The fourth-order valence-electron chi connectivity index (χ4n) is 5.44. The van der Waals surface area contributed by atoms with E-state index >= 15 is 0 Å². The van der Waals surface area contributed by atoms with Gasteiger partial charge in [0.1, 0.15) is 5.58 Å². The number of allylic oxidation sites excluding steroid dienone is 1. The van der Waals surface area contributed by atoms with Crippen LogP contribution in [0, 0.1) is 0 Å². The fraction of sp³-hybridized carbons (Fsp3) is 0.419. The smallest absolute Gasteiger partial charge is 0.288 e. The third kappa shape index (κ3) is 6.29. The van der Waals surface area contributed by atoms with Gasteiger partial charge in [-0.05, 0) is 35.9 Å². The molecule has 0 aliphatic carbocycles. The Balaban J connectivity index is 1.14.